The molecular weight excluding hydrogens is 290 g/mol. The van der Waals surface area contributed by atoms with E-state index in [-0.39, 0.29) is 11.9 Å². The van der Waals surface area contributed by atoms with Gasteiger partial charge in [-0.15, -0.1) is 0 Å². The largest absolute Gasteiger partial charge is 0.489 e. The van der Waals surface area contributed by atoms with Gasteiger partial charge in [-0.25, -0.2) is 5.06 Å². The van der Waals surface area contributed by atoms with Crippen molar-refractivity contribution < 1.29 is 14.7 Å². The molecule has 1 saturated heterocycles. The molecule has 1 N–H and O–H groups in total. The third-order valence-electron chi connectivity index (χ3n) is 4.23. The summed E-state index contributed by atoms with van der Waals surface area (Å²) in [6.07, 6.45) is 2.82. The standard InChI is InChI=1S/C19H21NO3/c21-19-13-10-17(20(19)22)9-6-15-7-11-18(12-8-15)23-14-16-4-2-1-3-5-16/h1-5,7-8,11-12,17,22H,6,9-10,13-14H2. The Labute approximate surface area is 136 Å². The fraction of sp³-hybridized carbons (Fsp3) is 0.316. The number of amides is 1. The van der Waals surface area contributed by atoms with E-state index in [2.05, 4.69) is 0 Å². The van der Waals surface area contributed by atoms with E-state index >= 15 is 0 Å². The maximum atomic E-state index is 11.3. The van der Waals surface area contributed by atoms with Crippen LogP contribution in [0.15, 0.2) is 54.6 Å². The first-order valence-electron chi connectivity index (χ1n) is 7.99. The molecule has 1 unspecified atom stereocenters. The van der Waals surface area contributed by atoms with Gasteiger partial charge in [-0.05, 0) is 42.5 Å². The Morgan fingerprint density at radius 2 is 1.78 bits per heavy atom. The summed E-state index contributed by atoms with van der Waals surface area (Å²) in [6, 6.07) is 18.0. The molecule has 1 atom stereocenters. The van der Waals surface area contributed by atoms with Crippen molar-refractivity contribution in [2.75, 3.05) is 0 Å². The lowest BCUT2D eigenvalue weighted by atomic mass is 10.0. The van der Waals surface area contributed by atoms with E-state index in [1.54, 1.807) is 0 Å². The maximum absolute atomic E-state index is 11.3. The molecule has 0 spiro atoms. The highest BCUT2D eigenvalue weighted by Crippen LogP contribution is 2.22. The maximum Gasteiger partial charge on any atom is 0.246 e. The number of nitrogens with zero attached hydrogens (tertiary/aromatic N) is 1. The molecule has 3 rings (SSSR count). The van der Waals surface area contributed by atoms with Gasteiger partial charge >= 0.3 is 0 Å². The Hall–Kier alpha value is -2.33. The number of benzene rings is 2. The van der Waals surface area contributed by atoms with Gasteiger partial charge in [-0.3, -0.25) is 10.0 Å². The summed E-state index contributed by atoms with van der Waals surface area (Å²) in [5.41, 5.74) is 2.33. The quantitative estimate of drug-likeness (QED) is 0.830. The summed E-state index contributed by atoms with van der Waals surface area (Å²) in [4.78, 5) is 11.3. The molecule has 0 aliphatic carbocycles. The summed E-state index contributed by atoms with van der Waals surface area (Å²) in [5.74, 6) is 0.678. The number of aryl methyl sites for hydroxylation is 1. The lowest BCUT2D eigenvalue weighted by Gasteiger charge is -2.17. The van der Waals surface area contributed by atoms with Crippen LogP contribution in [0, 0.1) is 0 Å². The zero-order valence-corrected chi connectivity index (χ0v) is 13.0. The van der Waals surface area contributed by atoms with Crippen LogP contribution in [0.1, 0.15) is 30.4 Å². The van der Waals surface area contributed by atoms with Crippen molar-refractivity contribution in [3.63, 3.8) is 0 Å². The predicted octanol–water partition coefficient (Wildman–Crippen LogP) is 3.58. The van der Waals surface area contributed by atoms with Crippen LogP contribution in [0.2, 0.25) is 0 Å². The topological polar surface area (TPSA) is 49.8 Å². The van der Waals surface area contributed by atoms with Crippen molar-refractivity contribution in [1.82, 2.24) is 5.06 Å². The Kier molecular flexibility index (Phi) is 4.93. The molecule has 1 amide bonds. The third-order valence-corrected chi connectivity index (χ3v) is 4.23. The molecule has 1 fully saturated rings. The molecule has 0 radical (unpaired) electrons. The molecule has 1 heterocycles. The van der Waals surface area contributed by atoms with Crippen molar-refractivity contribution >= 4 is 5.91 Å². The number of carbonyl (C=O) groups excluding carboxylic acids is 1. The number of hydroxylamine groups is 2. The fourth-order valence-corrected chi connectivity index (χ4v) is 2.82. The van der Waals surface area contributed by atoms with Crippen LogP contribution in [0.5, 0.6) is 5.75 Å². The molecular formula is C19H21NO3. The van der Waals surface area contributed by atoms with E-state index in [4.69, 9.17) is 4.74 Å². The van der Waals surface area contributed by atoms with Crippen molar-refractivity contribution in [2.24, 2.45) is 0 Å². The Balaban J connectivity index is 1.48. The first-order chi connectivity index (χ1) is 11.2. The van der Waals surface area contributed by atoms with Crippen LogP contribution >= 0.6 is 0 Å². The zero-order valence-electron chi connectivity index (χ0n) is 13.0. The first kappa shape index (κ1) is 15.6. The van der Waals surface area contributed by atoms with Gasteiger partial charge in [0.25, 0.3) is 0 Å². The van der Waals surface area contributed by atoms with Gasteiger partial charge in [-0.2, -0.15) is 0 Å². The smallest absolute Gasteiger partial charge is 0.246 e. The highest BCUT2D eigenvalue weighted by molar-refractivity contribution is 5.77. The summed E-state index contributed by atoms with van der Waals surface area (Å²) in [5, 5.41) is 10.5. The zero-order chi connectivity index (χ0) is 16.1. The molecule has 1 aliphatic rings. The highest BCUT2D eigenvalue weighted by Gasteiger charge is 2.29. The Bertz CT molecular complexity index is 639. The lowest BCUT2D eigenvalue weighted by Crippen LogP contribution is -2.29. The minimum atomic E-state index is -0.167. The van der Waals surface area contributed by atoms with E-state index in [0.29, 0.717) is 13.0 Å². The highest BCUT2D eigenvalue weighted by atomic mass is 16.5. The van der Waals surface area contributed by atoms with E-state index in [1.807, 2.05) is 54.6 Å². The van der Waals surface area contributed by atoms with Crippen LogP contribution < -0.4 is 4.74 Å². The van der Waals surface area contributed by atoms with Gasteiger partial charge in [0.2, 0.25) is 5.91 Å². The molecule has 4 heteroatoms. The van der Waals surface area contributed by atoms with E-state index < -0.39 is 0 Å². The third kappa shape index (κ3) is 4.11. The average molecular weight is 311 g/mol. The lowest BCUT2D eigenvalue weighted by molar-refractivity contribution is -0.165. The number of ether oxygens (including phenoxy) is 1. The average Bonchev–Trinajstić information content (AvgIpc) is 2.92. The van der Waals surface area contributed by atoms with Crippen LogP contribution in [0.3, 0.4) is 0 Å². The fourth-order valence-electron chi connectivity index (χ4n) is 2.82. The molecule has 2 aromatic carbocycles. The van der Waals surface area contributed by atoms with E-state index in [0.717, 1.165) is 35.6 Å². The van der Waals surface area contributed by atoms with Crippen LogP contribution in [-0.2, 0) is 17.8 Å². The predicted molar refractivity (Wildman–Crippen MR) is 87.2 cm³/mol. The second-order valence-electron chi connectivity index (χ2n) is 5.89. The number of rotatable bonds is 6. The van der Waals surface area contributed by atoms with Crippen molar-refractivity contribution in [2.45, 2.75) is 38.3 Å². The number of hydrogen-bond donors (Lipinski definition) is 1. The second-order valence-corrected chi connectivity index (χ2v) is 5.89. The van der Waals surface area contributed by atoms with Crippen molar-refractivity contribution in [3.8, 4) is 5.75 Å². The van der Waals surface area contributed by atoms with E-state index in [9.17, 15) is 10.0 Å². The summed E-state index contributed by atoms with van der Waals surface area (Å²) in [6.45, 7) is 0.559. The van der Waals surface area contributed by atoms with Crippen LogP contribution in [0.25, 0.3) is 0 Å². The van der Waals surface area contributed by atoms with Crippen LogP contribution in [0.4, 0.5) is 0 Å². The monoisotopic (exact) mass is 311 g/mol. The second kappa shape index (κ2) is 7.29. The molecule has 0 aromatic heterocycles. The molecule has 2 aromatic rings. The summed E-state index contributed by atoms with van der Waals surface area (Å²) < 4.78 is 5.76. The van der Waals surface area contributed by atoms with Gasteiger partial charge < -0.3 is 4.74 Å². The first-order valence-corrected chi connectivity index (χ1v) is 7.99. The van der Waals surface area contributed by atoms with Crippen LogP contribution in [-0.4, -0.2) is 22.2 Å². The molecule has 4 nitrogen and oxygen atoms in total. The van der Waals surface area contributed by atoms with Gasteiger partial charge in [0.05, 0.1) is 6.04 Å². The summed E-state index contributed by atoms with van der Waals surface area (Å²) in [7, 11) is 0. The molecule has 0 saturated carbocycles. The number of carbonyl (C=O) groups is 1. The summed E-state index contributed by atoms with van der Waals surface area (Å²) >= 11 is 0. The minimum Gasteiger partial charge on any atom is -0.489 e. The molecule has 23 heavy (non-hydrogen) atoms. The SMILES string of the molecule is O=C1CCC(CCc2ccc(OCc3ccccc3)cc2)N1O. The van der Waals surface area contributed by atoms with Gasteiger partial charge in [-0.1, -0.05) is 42.5 Å². The normalized spacial score (nSPS) is 17.5. The number of hydrogen-bond acceptors (Lipinski definition) is 3. The van der Waals surface area contributed by atoms with Crippen molar-refractivity contribution in [1.29, 1.82) is 0 Å². The Morgan fingerprint density at radius 1 is 1.04 bits per heavy atom. The van der Waals surface area contributed by atoms with Gasteiger partial charge in [0, 0.05) is 6.42 Å². The van der Waals surface area contributed by atoms with E-state index in [1.165, 1.54) is 5.56 Å². The molecule has 1 aliphatic heterocycles. The molecule has 0 bridgehead atoms. The Morgan fingerprint density at radius 3 is 2.43 bits per heavy atom. The molecule has 120 valence electrons. The van der Waals surface area contributed by atoms with Crippen molar-refractivity contribution in [3.05, 3.63) is 65.7 Å². The van der Waals surface area contributed by atoms with Gasteiger partial charge in [0.15, 0.2) is 0 Å². The van der Waals surface area contributed by atoms with Gasteiger partial charge in [0.1, 0.15) is 12.4 Å². The minimum absolute atomic E-state index is 0.0449.